The standard InChI is InChI=1S/C9H14BrNO2/c1-5-13-8(3)11-6-9(10)7(2)12-4/h6H,3,5H2,1-2,4H3/b9-7-,11-6?. The van der Waals surface area contributed by atoms with Gasteiger partial charge in [-0.3, -0.25) is 0 Å². The highest BCUT2D eigenvalue weighted by atomic mass is 79.9. The average molecular weight is 248 g/mol. The van der Waals surface area contributed by atoms with Crippen molar-refractivity contribution in [1.29, 1.82) is 0 Å². The van der Waals surface area contributed by atoms with Crippen LogP contribution in [0.4, 0.5) is 0 Å². The van der Waals surface area contributed by atoms with Crippen LogP contribution in [0, 0.1) is 0 Å². The number of nitrogens with zero attached hydrogens (tertiary/aromatic N) is 1. The van der Waals surface area contributed by atoms with Crippen LogP contribution in [0.2, 0.25) is 0 Å². The smallest absolute Gasteiger partial charge is 0.205 e. The molecule has 13 heavy (non-hydrogen) atoms. The molecule has 0 aliphatic rings. The van der Waals surface area contributed by atoms with Crippen LogP contribution in [-0.4, -0.2) is 19.9 Å². The molecular weight excluding hydrogens is 234 g/mol. The van der Waals surface area contributed by atoms with Gasteiger partial charge in [-0.05, 0) is 36.4 Å². The van der Waals surface area contributed by atoms with E-state index < -0.39 is 0 Å². The molecule has 0 N–H and O–H groups in total. The lowest BCUT2D eigenvalue weighted by molar-refractivity contribution is 0.229. The van der Waals surface area contributed by atoms with E-state index in [2.05, 4.69) is 27.5 Å². The molecule has 0 aromatic heterocycles. The number of allylic oxidation sites excluding steroid dienone is 2. The second-order valence-corrected chi connectivity index (χ2v) is 3.05. The summed E-state index contributed by atoms with van der Waals surface area (Å²) in [5.41, 5.74) is 0. The van der Waals surface area contributed by atoms with Gasteiger partial charge in [0, 0.05) is 6.21 Å². The Morgan fingerprint density at radius 3 is 2.69 bits per heavy atom. The van der Waals surface area contributed by atoms with Crippen LogP contribution < -0.4 is 0 Å². The van der Waals surface area contributed by atoms with Crippen molar-refractivity contribution in [2.45, 2.75) is 13.8 Å². The van der Waals surface area contributed by atoms with Crippen LogP contribution in [0.1, 0.15) is 13.8 Å². The van der Waals surface area contributed by atoms with E-state index >= 15 is 0 Å². The highest BCUT2D eigenvalue weighted by Crippen LogP contribution is 2.10. The van der Waals surface area contributed by atoms with Gasteiger partial charge in [0.2, 0.25) is 5.88 Å². The molecular formula is C9H14BrNO2. The van der Waals surface area contributed by atoms with Crippen LogP contribution in [-0.2, 0) is 9.47 Å². The van der Waals surface area contributed by atoms with Crippen LogP contribution >= 0.6 is 15.9 Å². The third-order valence-corrected chi connectivity index (χ3v) is 2.04. The molecule has 4 heteroatoms. The Morgan fingerprint density at radius 1 is 1.62 bits per heavy atom. The van der Waals surface area contributed by atoms with Crippen molar-refractivity contribution in [3.8, 4) is 0 Å². The number of hydrogen-bond donors (Lipinski definition) is 0. The lowest BCUT2D eigenvalue weighted by atomic mass is 10.5. The SMILES string of the molecule is C=C(N=C/C(Br)=C(\C)OC)OCC. The summed E-state index contributed by atoms with van der Waals surface area (Å²) in [6.07, 6.45) is 1.59. The topological polar surface area (TPSA) is 30.8 Å². The molecule has 0 aromatic carbocycles. The Balaban J connectivity index is 4.19. The molecule has 0 radical (unpaired) electrons. The maximum absolute atomic E-state index is 5.03. The quantitative estimate of drug-likeness (QED) is 0.553. The predicted octanol–water partition coefficient (Wildman–Crippen LogP) is 2.84. The molecule has 0 amide bonds. The molecule has 0 heterocycles. The summed E-state index contributed by atoms with van der Waals surface area (Å²) in [6.45, 7) is 7.88. The Kier molecular flexibility index (Phi) is 6.32. The number of halogens is 1. The fraction of sp³-hybridized carbons (Fsp3) is 0.444. The van der Waals surface area contributed by atoms with Gasteiger partial charge in [-0.1, -0.05) is 0 Å². The minimum atomic E-state index is 0.392. The Labute approximate surface area is 87.3 Å². The summed E-state index contributed by atoms with van der Waals surface area (Å²) in [6, 6.07) is 0. The van der Waals surface area contributed by atoms with E-state index in [0.717, 1.165) is 10.2 Å². The van der Waals surface area contributed by atoms with Gasteiger partial charge in [0.1, 0.15) is 5.76 Å². The van der Waals surface area contributed by atoms with Gasteiger partial charge in [0.15, 0.2) is 0 Å². The fourth-order valence-electron chi connectivity index (χ4n) is 0.521. The maximum atomic E-state index is 5.03. The largest absolute Gasteiger partial charge is 0.500 e. The van der Waals surface area contributed by atoms with E-state index in [1.54, 1.807) is 13.3 Å². The normalized spacial score (nSPS) is 12.6. The van der Waals surface area contributed by atoms with Gasteiger partial charge in [-0.25, -0.2) is 4.99 Å². The van der Waals surface area contributed by atoms with E-state index in [1.807, 2.05) is 13.8 Å². The average Bonchev–Trinajstić information content (AvgIpc) is 2.13. The fourth-order valence-corrected chi connectivity index (χ4v) is 0.785. The first-order chi connectivity index (χ1) is 6.11. The minimum Gasteiger partial charge on any atom is -0.500 e. The number of hydrogen-bond acceptors (Lipinski definition) is 3. The first-order valence-corrected chi connectivity index (χ1v) is 4.67. The number of aliphatic imine (C=N–C) groups is 1. The summed E-state index contributed by atoms with van der Waals surface area (Å²) in [5, 5.41) is 0. The Hall–Kier alpha value is -0.770. The Bertz CT molecular complexity index is 234. The van der Waals surface area contributed by atoms with E-state index in [4.69, 9.17) is 9.47 Å². The van der Waals surface area contributed by atoms with Gasteiger partial charge < -0.3 is 9.47 Å². The molecule has 0 fully saturated rings. The monoisotopic (exact) mass is 247 g/mol. The van der Waals surface area contributed by atoms with Gasteiger partial charge >= 0.3 is 0 Å². The molecule has 0 aliphatic carbocycles. The van der Waals surface area contributed by atoms with E-state index in [9.17, 15) is 0 Å². The molecule has 0 unspecified atom stereocenters. The molecule has 0 aromatic rings. The number of ether oxygens (including phenoxy) is 2. The second kappa shape index (κ2) is 6.71. The van der Waals surface area contributed by atoms with Crippen LogP contribution in [0.15, 0.2) is 27.7 Å². The van der Waals surface area contributed by atoms with Gasteiger partial charge in [-0.2, -0.15) is 0 Å². The van der Waals surface area contributed by atoms with Gasteiger partial charge in [0.25, 0.3) is 0 Å². The van der Waals surface area contributed by atoms with Crippen LogP contribution in [0.5, 0.6) is 0 Å². The highest BCUT2D eigenvalue weighted by molar-refractivity contribution is 9.12. The molecule has 0 bridgehead atoms. The molecule has 0 spiro atoms. The molecule has 3 nitrogen and oxygen atoms in total. The Morgan fingerprint density at radius 2 is 2.23 bits per heavy atom. The third kappa shape index (κ3) is 5.47. The lowest BCUT2D eigenvalue weighted by Crippen LogP contribution is -1.89. The van der Waals surface area contributed by atoms with Crippen molar-refractivity contribution < 1.29 is 9.47 Å². The van der Waals surface area contributed by atoms with E-state index in [-0.39, 0.29) is 0 Å². The molecule has 0 atom stereocenters. The lowest BCUT2D eigenvalue weighted by Gasteiger charge is -2.01. The third-order valence-electron chi connectivity index (χ3n) is 1.28. The number of rotatable bonds is 5. The summed E-state index contributed by atoms with van der Waals surface area (Å²) < 4.78 is 10.8. The molecule has 0 rings (SSSR count). The molecule has 74 valence electrons. The highest BCUT2D eigenvalue weighted by Gasteiger charge is 1.94. The second-order valence-electron chi connectivity index (χ2n) is 2.19. The number of methoxy groups -OCH3 is 1. The van der Waals surface area contributed by atoms with Crippen molar-refractivity contribution in [3.05, 3.63) is 22.7 Å². The van der Waals surface area contributed by atoms with E-state index in [0.29, 0.717) is 12.5 Å². The maximum Gasteiger partial charge on any atom is 0.205 e. The zero-order chi connectivity index (χ0) is 10.3. The van der Waals surface area contributed by atoms with Crippen molar-refractivity contribution in [3.63, 3.8) is 0 Å². The summed E-state index contributed by atoms with van der Waals surface area (Å²) in [4.78, 5) is 3.96. The minimum absolute atomic E-state index is 0.392. The molecule has 0 saturated heterocycles. The van der Waals surface area contributed by atoms with Crippen molar-refractivity contribution in [2.75, 3.05) is 13.7 Å². The zero-order valence-electron chi connectivity index (χ0n) is 8.13. The first-order valence-electron chi connectivity index (χ1n) is 3.88. The summed E-state index contributed by atoms with van der Waals surface area (Å²) in [7, 11) is 1.60. The molecule has 0 aliphatic heterocycles. The summed E-state index contributed by atoms with van der Waals surface area (Å²) in [5.74, 6) is 1.15. The summed E-state index contributed by atoms with van der Waals surface area (Å²) >= 11 is 3.29. The van der Waals surface area contributed by atoms with E-state index in [1.165, 1.54) is 0 Å². The van der Waals surface area contributed by atoms with Crippen molar-refractivity contribution >= 4 is 22.1 Å². The van der Waals surface area contributed by atoms with Gasteiger partial charge in [-0.15, -0.1) is 0 Å². The zero-order valence-corrected chi connectivity index (χ0v) is 9.72. The molecule has 0 saturated carbocycles. The van der Waals surface area contributed by atoms with Crippen LogP contribution in [0.25, 0.3) is 0 Å². The first kappa shape index (κ1) is 12.2. The van der Waals surface area contributed by atoms with Crippen LogP contribution in [0.3, 0.4) is 0 Å². The van der Waals surface area contributed by atoms with Crippen molar-refractivity contribution in [1.82, 2.24) is 0 Å². The van der Waals surface area contributed by atoms with Gasteiger partial charge in [0.05, 0.1) is 18.2 Å². The predicted molar refractivity (Wildman–Crippen MR) is 57.9 cm³/mol. The van der Waals surface area contributed by atoms with Crippen molar-refractivity contribution in [2.24, 2.45) is 4.99 Å².